The number of piperidine rings is 1. The second-order valence-corrected chi connectivity index (χ2v) is 8.37. The van der Waals surface area contributed by atoms with Gasteiger partial charge in [0.2, 0.25) is 0 Å². The predicted molar refractivity (Wildman–Crippen MR) is 138 cm³/mol. The first kappa shape index (κ1) is 24.3. The first-order valence-electron chi connectivity index (χ1n) is 11.6. The number of rotatable bonds is 7. The van der Waals surface area contributed by atoms with Gasteiger partial charge in [-0.1, -0.05) is 24.3 Å². The Kier molecular flexibility index (Phi) is 9.93. The minimum Gasteiger partial charge on any atom is -0.376 e. The second kappa shape index (κ2) is 12.6. The summed E-state index contributed by atoms with van der Waals surface area (Å²) in [4.78, 5) is 9.70. The lowest BCUT2D eigenvalue weighted by molar-refractivity contribution is -0.0367. The monoisotopic (exact) mass is 540 g/mol. The Morgan fingerprint density at radius 3 is 2.71 bits per heavy atom. The summed E-state index contributed by atoms with van der Waals surface area (Å²) in [6.45, 7) is 9.34. The summed E-state index contributed by atoms with van der Waals surface area (Å²) in [5.41, 5.74) is 2.53. The number of nitrogens with one attached hydrogen (secondary N) is 1. The van der Waals surface area contributed by atoms with Gasteiger partial charge in [-0.15, -0.1) is 24.0 Å². The van der Waals surface area contributed by atoms with Gasteiger partial charge in [-0.25, -0.2) is 4.99 Å². The van der Waals surface area contributed by atoms with E-state index >= 15 is 0 Å². The molecule has 0 saturated carbocycles. The fourth-order valence-corrected chi connectivity index (χ4v) is 4.39. The Balaban J connectivity index is 0.00000272. The van der Waals surface area contributed by atoms with Crippen LogP contribution in [0.25, 0.3) is 0 Å². The molecule has 3 aliphatic rings. The van der Waals surface area contributed by atoms with Gasteiger partial charge >= 0.3 is 0 Å². The van der Waals surface area contributed by atoms with Crippen molar-refractivity contribution < 1.29 is 9.47 Å². The van der Waals surface area contributed by atoms with Gasteiger partial charge in [0.05, 0.1) is 25.4 Å². The van der Waals surface area contributed by atoms with E-state index in [1.807, 2.05) is 0 Å². The van der Waals surface area contributed by atoms with Crippen molar-refractivity contribution in [2.45, 2.75) is 51.4 Å². The van der Waals surface area contributed by atoms with Crippen molar-refractivity contribution >= 4 is 35.6 Å². The molecule has 0 aliphatic carbocycles. The highest BCUT2D eigenvalue weighted by molar-refractivity contribution is 14.0. The number of aliphatic imine (C=N–C) groups is 1. The lowest BCUT2D eigenvalue weighted by Crippen LogP contribution is -2.47. The van der Waals surface area contributed by atoms with Crippen LogP contribution in [-0.4, -0.2) is 69.0 Å². The zero-order valence-corrected chi connectivity index (χ0v) is 21.0. The molecule has 1 aromatic carbocycles. The van der Waals surface area contributed by atoms with Crippen LogP contribution >= 0.6 is 24.0 Å². The number of guanidine groups is 1. The van der Waals surface area contributed by atoms with E-state index in [2.05, 4.69) is 58.5 Å². The number of anilines is 1. The average Bonchev–Trinajstić information content (AvgIpc) is 3.50. The standard InChI is InChI=1S/C24H36N4O2.HI/c1-2-25-24(26-18-20-7-5-8-21(17-20)27-12-3-4-13-27)28-14-10-22(11-15-28)30-19-23-9-6-16-29-23;/h3-5,7-8,17,22-23H,2,6,9-16,18-19H2,1H3,(H,25,26);1H. The van der Waals surface area contributed by atoms with Crippen LogP contribution in [0.2, 0.25) is 0 Å². The summed E-state index contributed by atoms with van der Waals surface area (Å²) in [7, 11) is 0. The van der Waals surface area contributed by atoms with E-state index in [-0.39, 0.29) is 24.0 Å². The molecular formula is C24H37IN4O2. The summed E-state index contributed by atoms with van der Waals surface area (Å²) in [6, 6.07) is 8.77. The van der Waals surface area contributed by atoms with Gasteiger partial charge in [-0.3, -0.25) is 0 Å². The topological polar surface area (TPSA) is 49.3 Å². The van der Waals surface area contributed by atoms with Gasteiger partial charge in [0, 0.05) is 45.0 Å². The van der Waals surface area contributed by atoms with Crippen molar-refractivity contribution in [2.75, 3.05) is 50.8 Å². The van der Waals surface area contributed by atoms with Gasteiger partial charge in [-0.2, -0.15) is 0 Å². The van der Waals surface area contributed by atoms with Crippen molar-refractivity contribution in [1.82, 2.24) is 10.2 Å². The molecule has 0 amide bonds. The maximum atomic E-state index is 6.12. The molecular weight excluding hydrogens is 503 g/mol. The van der Waals surface area contributed by atoms with Crippen LogP contribution in [0, 0.1) is 0 Å². The highest BCUT2D eigenvalue weighted by atomic mass is 127. The normalized spacial score (nSPS) is 22.1. The molecule has 3 heterocycles. The third kappa shape index (κ3) is 7.08. The maximum Gasteiger partial charge on any atom is 0.194 e. The number of halogens is 1. The molecule has 2 saturated heterocycles. The van der Waals surface area contributed by atoms with Crippen molar-refractivity contribution in [1.29, 1.82) is 0 Å². The molecule has 31 heavy (non-hydrogen) atoms. The van der Waals surface area contributed by atoms with E-state index in [0.717, 1.165) is 71.2 Å². The number of nitrogens with zero attached hydrogens (tertiary/aromatic N) is 3. The van der Waals surface area contributed by atoms with Crippen LogP contribution in [-0.2, 0) is 16.0 Å². The molecule has 172 valence electrons. The fourth-order valence-electron chi connectivity index (χ4n) is 4.39. The summed E-state index contributed by atoms with van der Waals surface area (Å²) in [6.07, 6.45) is 9.53. The van der Waals surface area contributed by atoms with E-state index in [0.29, 0.717) is 18.8 Å². The SMILES string of the molecule is CCNC(=NCc1cccc(N2CC=CC2)c1)N1CCC(OCC2CCCO2)CC1.I. The Hall–Kier alpha value is -1.32. The van der Waals surface area contributed by atoms with Crippen molar-refractivity contribution in [3.05, 3.63) is 42.0 Å². The van der Waals surface area contributed by atoms with Crippen molar-refractivity contribution in [3.8, 4) is 0 Å². The van der Waals surface area contributed by atoms with Crippen LogP contribution in [0.1, 0.15) is 38.2 Å². The number of likely N-dealkylation sites (tertiary alicyclic amines) is 1. The first-order valence-corrected chi connectivity index (χ1v) is 11.6. The summed E-state index contributed by atoms with van der Waals surface area (Å²) >= 11 is 0. The Labute approximate surface area is 204 Å². The summed E-state index contributed by atoms with van der Waals surface area (Å²) < 4.78 is 11.8. The minimum absolute atomic E-state index is 0. The Bertz CT molecular complexity index is 720. The molecule has 0 aromatic heterocycles. The molecule has 0 bridgehead atoms. The molecule has 1 N–H and O–H groups in total. The highest BCUT2D eigenvalue weighted by Crippen LogP contribution is 2.20. The average molecular weight is 540 g/mol. The molecule has 0 spiro atoms. The van der Waals surface area contributed by atoms with E-state index in [4.69, 9.17) is 14.5 Å². The molecule has 0 radical (unpaired) electrons. The molecule has 1 aromatic rings. The molecule has 1 unspecified atom stereocenters. The molecule has 6 nitrogen and oxygen atoms in total. The Morgan fingerprint density at radius 1 is 1.19 bits per heavy atom. The van der Waals surface area contributed by atoms with E-state index in [1.165, 1.54) is 17.7 Å². The van der Waals surface area contributed by atoms with Crippen LogP contribution in [0.4, 0.5) is 5.69 Å². The molecule has 3 aliphatic heterocycles. The van der Waals surface area contributed by atoms with Crippen LogP contribution in [0.15, 0.2) is 41.4 Å². The first-order chi connectivity index (χ1) is 14.8. The molecule has 7 heteroatoms. The van der Waals surface area contributed by atoms with Crippen LogP contribution in [0.3, 0.4) is 0 Å². The number of benzene rings is 1. The van der Waals surface area contributed by atoms with Gasteiger partial charge in [0.15, 0.2) is 5.96 Å². The number of ether oxygens (including phenoxy) is 2. The van der Waals surface area contributed by atoms with Gasteiger partial charge in [0.25, 0.3) is 0 Å². The summed E-state index contributed by atoms with van der Waals surface area (Å²) in [5, 5.41) is 3.48. The number of hydrogen-bond donors (Lipinski definition) is 1. The third-order valence-corrected chi connectivity index (χ3v) is 6.12. The molecule has 2 fully saturated rings. The summed E-state index contributed by atoms with van der Waals surface area (Å²) in [5.74, 6) is 1.02. The number of hydrogen-bond acceptors (Lipinski definition) is 4. The lowest BCUT2D eigenvalue weighted by Gasteiger charge is -2.34. The fraction of sp³-hybridized carbons (Fsp3) is 0.625. The maximum absolute atomic E-state index is 6.12. The smallest absolute Gasteiger partial charge is 0.194 e. The predicted octanol–water partition coefficient (Wildman–Crippen LogP) is 3.81. The quantitative estimate of drug-likeness (QED) is 0.247. The zero-order valence-electron chi connectivity index (χ0n) is 18.7. The van der Waals surface area contributed by atoms with Gasteiger partial charge in [-0.05, 0) is 50.3 Å². The van der Waals surface area contributed by atoms with Gasteiger partial charge < -0.3 is 24.6 Å². The van der Waals surface area contributed by atoms with Crippen LogP contribution in [0.5, 0.6) is 0 Å². The molecule has 1 atom stereocenters. The van der Waals surface area contributed by atoms with E-state index in [1.54, 1.807) is 0 Å². The van der Waals surface area contributed by atoms with Crippen molar-refractivity contribution in [2.24, 2.45) is 4.99 Å². The van der Waals surface area contributed by atoms with E-state index in [9.17, 15) is 0 Å². The second-order valence-electron chi connectivity index (χ2n) is 8.37. The molecule has 4 rings (SSSR count). The zero-order chi connectivity index (χ0) is 20.6. The third-order valence-electron chi connectivity index (χ3n) is 6.12. The largest absolute Gasteiger partial charge is 0.376 e. The van der Waals surface area contributed by atoms with Crippen molar-refractivity contribution in [3.63, 3.8) is 0 Å². The van der Waals surface area contributed by atoms with E-state index < -0.39 is 0 Å². The minimum atomic E-state index is 0. The van der Waals surface area contributed by atoms with Gasteiger partial charge in [0.1, 0.15) is 0 Å². The lowest BCUT2D eigenvalue weighted by atomic mass is 10.1. The van der Waals surface area contributed by atoms with Crippen LogP contribution < -0.4 is 10.2 Å². The Morgan fingerprint density at radius 2 is 2.00 bits per heavy atom. The highest BCUT2D eigenvalue weighted by Gasteiger charge is 2.24.